The Balaban J connectivity index is 1.20. The molecule has 2 heterocycles. The number of rotatable bonds is 11. The first-order valence-electron chi connectivity index (χ1n) is 12.6. The maximum absolute atomic E-state index is 11.1. The number of ether oxygens (including phenoxy) is 1. The molecule has 0 unspecified atom stereocenters. The topological polar surface area (TPSA) is 90.4 Å². The van der Waals surface area contributed by atoms with Crippen LogP contribution in [0.3, 0.4) is 0 Å². The Bertz CT molecular complexity index is 1490. The molecule has 0 saturated heterocycles. The molecule has 0 aliphatic rings. The largest absolute Gasteiger partial charge is 0.493 e. The van der Waals surface area contributed by atoms with E-state index < -0.39 is 5.97 Å². The summed E-state index contributed by atoms with van der Waals surface area (Å²) in [4.78, 5) is 15.8. The number of carbonyl (C=O) groups is 1. The van der Waals surface area contributed by atoms with Crippen molar-refractivity contribution in [2.75, 3.05) is 6.61 Å². The Morgan fingerprint density at radius 2 is 1.61 bits per heavy atom. The number of aromatic nitrogens is 3. The van der Waals surface area contributed by atoms with E-state index in [-0.39, 0.29) is 6.42 Å². The number of carboxylic acid groups (broad SMARTS) is 1. The van der Waals surface area contributed by atoms with E-state index in [2.05, 4.69) is 4.98 Å². The minimum Gasteiger partial charge on any atom is -0.493 e. The molecular weight excluding hydrogens is 478 g/mol. The Hall–Kier alpha value is -4.65. The van der Waals surface area contributed by atoms with Gasteiger partial charge in [0.05, 0.1) is 24.5 Å². The molecule has 7 nitrogen and oxygen atoms in total. The monoisotopic (exact) mass is 507 g/mol. The fraction of sp³-hybridized carbons (Fsp3) is 0.194. The summed E-state index contributed by atoms with van der Waals surface area (Å²) in [5.41, 5.74) is 5.66. The van der Waals surface area contributed by atoms with Gasteiger partial charge in [0.1, 0.15) is 11.5 Å². The molecule has 5 aromatic rings. The van der Waals surface area contributed by atoms with E-state index in [4.69, 9.17) is 19.4 Å². The second-order valence-corrected chi connectivity index (χ2v) is 9.09. The van der Waals surface area contributed by atoms with Crippen molar-refractivity contribution < 1.29 is 19.1 Å². The molecule has 0 bridgehead atoms. The fourth-order valence-corrected chi connectivity index (χ4v) is 4.32. The summed E-state index contributed by atoms with van der Waals surface area (Å²) < 4.78 is 13.7. The zero-order valence-corrected chi connectivity index (χ0v) is 21.2. The van der Waals surface area contributed by atoms with Crippen molar-refractivity contribution in [3.63, 3.8) is 0 Å². The minimum atomic E-state index is -0.817. The Labute approximate surface area is 221 Å². The van der Waals surface area contributed by atoms with Crippen molar-refractivity contribution >= 4 is 5.97 Å². The van der Waals surface area contributed by atoms with Crippen LogP contribution in [0.2, 0.25) is 0 Å². The average Bonchev–Trinajstić information content (AvgIpc) is 3.52. The molecule has 3 aromatic carbocycles. The maximum Gasteiger partial charge on any atom is 0.303 e. The third kappa shape index (κ3) is 6.18. The molecule has 1 N–H and O–H groups in total. The van der Waals surface area contributed by atoms with Gasteiger partial charge in [-0.25, -0.2) is 4.98 Å². The lowest BCUT2D eigenvalue weighted by molar-refractivity contribution is -0.136. The highest BCUT2D eigenvalue weighted by molar-refractivity contribution is 5.68. The number of hydrogen-bond donors (Lipinski definition) is 1. The van der Waals surface area contributed by atoms with Crippen LogP contribution in [-0.2, 0) is 24.2 Å². The predicted octanol–water partition coefficient (Wildman–Crippen LogP) is 6.20. The van der Waals surface area contributed by atoms with E-state index in [0.717, 1.165) is 45.2 Å². The molecule has 38 heavy (non-hydrogen) atoms. The van der Waals surface area contributed by atoms with Gasteiger partial charge >= 0.3 is 5.97 Å². The third-order valence-corrected chi connectivity index (χ3v) is 6.28. The maximum atomic E-state index is 11.1. The number of oxazole rings is 1. The predicted molar refractivity (Wildman–Crippen MR) is 145 cm³/mol. The van der Waals surface area contributed by atoms with Crippen LogP contribution >= 0.6 is 0 Å². The quantitative estimate of drug-likeness (QED) is 0.229. The molecule has 2 aromatic heterocycles. The normalized spacial score (nSPS) is 11.0. The van der Waals surface area contributed by atoms with Gasteiger partial charge < -0.3 is 14.3 Å². The van der Waals surface area contributed by atoms with Gasteiger partial charge in [-0.3, -0.25) is 9.48 Å². The average molecular weight is 508 g/mol. The number of aryl methyl sites for hydroxylation is 2. The first-order chi connectivity index (χ1) is 18.5. The van der Waals surface area contributed by atoms with Crippen molar-refractivity contribution in [1.82, 2.24) is 14.8 Å². The van der Waals surface area contributed by atoms with Crippen LogP contribution in [-0.4, -0.2) is 32.4 Å². The molecule has 0 spiro atoms. The summed E-state index contributed by atoms with van der Waals surface area (Å²) in [6.45, 7) is 3.00. The number of carboxylic acids is 1. The highest BCUT2D eigenvalue weighted by atomic mass is 16.5. The lowest BCUT2D eigenvalue weighted by Gasteiger charge is -2.07. The smallest absolute Gasteiger partial charge is 0.303 e. The van der Waals surface area contributed by atoms with E-state index in [1.54, 1.807) is 0 Å². The minimum absolute atomic E-state index is 0.0684. The van der Waals surface area contributed by atoms with E-state index in [1.807, 2.05) is 103 Å². The van der Waals surface area contributed by atoms with E-state index in [1.165, 1.54) is 0 Å². The van der Waals surface area contributed by atoms with Gasteiger partial charge in [-0.15, -0.1) is 0 Å². The molecule has 5 rings (SSSR count). The summed E-state index contributed by atoms with van der Waals surface area (Å²) in [7, 11) is 0. The first-order valence-corrected chi connectivity index (χ1v) is 12.6. The van der Waals surface area contributed by atoms with E-state index in [0.29, 0.717) is 31.9 Å². The van der Waals surface area contributed by atoms with E-state index in [9.17, 15) is 4.79 Å². The van der Waals surface area contributed by atoms with Crippen LogP contribution in [0, 0.1) is 6.92 Å². The van der Waals surface area contributed by atoms with Crippen molar-refractivity contribution in [3.8, 4) is 28.5 Å². The highest BCUT2D eigenvalue weighted by Gasteiger charge is 2.14. The highest BCUT2D eigenvalue weighted by Crippen LogP contribution is 2.25. The van der Waals surface area contributed by atoms with Crippen molar-refractivity contribution in [2.45, 2.75) is 32.7 Å². The van der Waals surface area contributed by atoms with Crippen molar-refractivity contribution in [2.24, 2.45) is 0 Å². The summed E-state index contributed by atoms with van der Waals surface area (Å²) in [5, 5.41) is 13.9. The standard InChI is InChI=1S/C31H29N3O4/c1-22-28(32-31(38-22)25-10-6-3-7-11-25)18-19-37-27-15-12-23(13-16-27)20-34-21-26(14-17-29(35)36)30(33-34)24-8-4-2-5-9-24/h2-13,15-16,21H,14,17-20H2,1H3,(H,35,36). The molecule has 0 radical (unpaired) electrons. The Morgan fingerprint density at radius 1 is 0.921 bits per heavy atom. The summed E-state index contributed by atoms with van der Waals surface area (Å²) in [6, 6.07) is 27.7. The molecular formula is C31H29N3O4. The van der Waals surface area contributed by atoms with Gasteiger partial charge in [-0.05, 0) is 48.7 Å². The molecule has 0 aliphatic heterocycles. The molecule has 0 fully saturated rings. The summed E-state index contributed by atoms with van der Waals surface area (Å²) >= 11 is 0. The van der Waals surface area contributed by atoms with Gasteiger partial charge in [0.2, 0.25) is 5.89 Å². The number of hydrogen-bond acceptors (Lipinski definition) is 5. The zero-order chi connectivity index (χ0) is 26.3. The van der Waals surface area contributed by atoms with Gasteiger partial charge in [0.25, 0.3) is 0 Å². The molecule has 0 saturated carbocycles. The molecule has 7 heteroatoms. The lowest BCUT2D eigenvalue weighted by Crippen LogP contribution is -2.03. The lowest BCUT2D eigenvalue weighted by atomic mass is 10.0. The van der Waals surface area contributed by atoms with Crippen LogP contribution in [0.25, 0.3) is 22.7 Å². The van der Waals surface area contributed by atoms with Gasteiger partial charge in [-0.1, -0.05) is 60.7 Å². The molecule has 192 valence electrons. The van der Waals surface area contributed by atoms with Gasteiger partial charge in [0.15, 0.2) is 0 Å². The first kappa shape index (κ1) is 25.0. The molecule has 0 amide bonds. The van der Waals surface area contributed by atoms with Crippen molar-refractivity contribution in [3.05, 3.63) is 114 Å². The van der Waals surface area contributed by atoms with Gasteiger partial charge in [-0.2, -0.15) is 5.10 Å². The van der Waals surface area contributed by atoms with Crippen LogP contribution in [0.4, 0.5) is 0 Å². The SMILES string of the molecule is Cc1oc(-c2ccccc2)nc1CCOc1ccc(Cn2cc(CCC(=O)O)c(-c3ccccc3)n2)cc1. The number of benzene rings is 3. The zero-order valence-electron chi connectivity index (χ0n) is 21.2. The number of aliphatic carboxylic acids is 1. The van der Waals surface area contributed by atoms with E-state index >= 15 is 0 Å². The summed E-state index contributed by atoms with van der Waals surface area (Å²) in [6.07, 6.45) is 3.10. The van der Waals surface area contributed by atoms with Crippen molar-refractivity contribution in [1.29, 1.82) is 0 Å². The third-order valence-electron chi connectivity index (χ3n) is 6.28. The Kier molecular flexibility index (Phi) is 7.64. The van der Waals surface area contributed by atoms with Crippen LogP contribution in [0.5, 0.6) is 5.75 Å². The molecule has 0 atom stereocenters. The Morgan fingerprint density at radius 3 is 2.29 bits per heavy atom. The number of nitrogens with zero attached hydrogens (tertiary/aromatic N) is 3. The van der Waals surface area contributed by atoms with Crippen LogP contribution < -0.4 is 4.74 Å². The molecule has 0 aliphatic carbocycles. The van der Waals surface area contributed by atoms with Crippen LogP contribution in [0.15, 0.2) is 95.5 Å². The second-order valence-electron chi connectivity index (χ2n) is 9.09. The summed E-state index contributed by atoms with van der Waals surface area (Å²) in [5.74, 6) is 1.40. The fourth-order valence-electron chi connectivity index (χ4n) is 4.32. The van der Waals surface area contributed by atoms with Gasteiger partial charge in [0, 0.05) is 30.2 Å². The second kappa shape index (κ2) is 11.6. The van der Waals surface area contributed by atoms with Crippen LogP contribution in [0.1, 0.15) is 29.0 Å².